The summed E-state index contributed by atoms with van der Waals surface area (Å²) < 4.78 is 6.77. The van der Waals surface area contributed by atoms with Crippen LogP contribution in [0.3, 0.4) is 0 Å². The summed E-state index contributed by atoms with van der Waals surface area (Å²) in [6.07, 6.45) is 0. The number of hydrogen-bond donors (Lipinski definition) is 2. The van der Waals surface area contributed by atoms with Gasteiger partial charge in [0.1, 0.15) is 0 Å². The van der Waals surface area contributed by atoms with Gasteiger partial charge in [-0.2, -0.15) is 0 Å². The summed E-state index contributed by atoms with van der Waals surface area (Å²) in [5, 5.41) is 3.33. The van der Waals surface area contributed by atoms with Gasteiger partial charge in [0.2, 0.25) is 0 Å². The molecule has 2 aromatic rings. The first-order valence-corrected chi connectivity index (χ1v) is 8.03. The second-order valence-electron chi connectivity index (χ2n) is 5.70. The number of H-pyrrole nitrogens is 1. The van der Waals surface area contributed by atoms with E-state index in [1.807, 2.05) is 19.0 Å². The third-order valence-electron chi connectivity index (χ3n) is 3.61. The number of ether oxygens (including phenoxy) is 1. The maximum Gasteiger partial charge on any atom is 0.262 e. The van der Waals surface area contributed by atoms with Gasteiger partial charge in [-0.15, -0.1) is 0 Å². The average molecular weight is 350 g/mol. The summed E-state index contributed by atoms with van der Waals surface area (Å²) in [4.78, 5) is 29.7. The molecule has 0 fully saturated rings. The molecule has 2 rings (SSSR count). The van der Waals surface area contributed by atoms with E-state index in [-0.39, 0.29) is 11.5 Å². The number of nitrogens with zero attached hydrogens (tertiary/aromatic N) is 2. The molecule has 0 unspecified atom stereocenters. The number of aromatic nitrogens is 2. The molecular formula is C16H22N4O3S. The van der Waals surface area contributed by atoms with E-state index in [4.69, 9.17) is 17.0 Å². The predicted octanol–water partition coefficient (Wildman–Crippen LogP) is 0.997. The Bertz CT molecular complexity index is 841. The van der Waals surface area contributed by atoms with E-state index in [1.165, 1.54) is 4.57 Å². The summed E-state index contributed by atoms with van der Waals surface area (Å²) in [5.74, 6) is -0.179. The van der Waals surface area contributed by atoms with Crippen LogP contribution < -0.4 is 10.9 Å². The van der Waals surface area contributed by atoms with Crippen molar-refractivity contribution in [1.29, 1.82) is 0 Å². The number of nitrogens with one attached hydrogen (secondary N) is 2. The van der Waals surface area contributed by atoms with E-state index in [9.17, 15) is 9.59 Å². The Balaban J connectivity index is 2.30. The summed E-state index contributed by atoms with van der Waals surface area (Å²) in [7, 11) is 5.45. The number of carbonyl (C=O) groups excluding carboxylic acids is 1. The average Bonchev–Trinajstić information content (AvgIpc) is 2.53. The molecule has 0 aliphatic rings. The highest BCUT2D eigenvalue weighted by molar-refractivity contribution is 7.71. The Morgan fingerprint density at radius 3 is 2.83 bits per heavy atom. The number of benzene rings is 1. The molecule has 7 nitrogen and oxygen atoms in total. The number of fused-ring (bicyclic) bond motifs is 1. The molecule has 0 spiro atoms. The van der Waals surface area contributed by atoms with Crippen LogP contribution in [-0.4, -0.2) is 61.3 Å². The maximum atomic E-state index is 12.5. The van der Waals surface area contributed by atoms with Crippen molar-refractivity contribution in [1.82, 2.24) is 19.8 Å². The van der Waals surface area contributed by atoms with Crippen molar-refractivity contribution in [3.05, 3.63) is 38.9 Å². The topological polar surface area (TPSA) is 79.4 Å². The van der Waals surface area contributed by atoms with Crippen LogP contribution in [0.5, 0.6) is 0 Å². The van der Waals surface area contributed by atoms with Gasteiger partial charge in [0.15, 0.2) is 4.77 Å². The highest BCUT2D eigenvalue weighted by atomic mass is 32.1. The van der Waals surface area contributed by atoms with Gasteiger partial charge >= 0.3 is 0 Å². The lowest BCUT2D eigenvalue weighted by atomic mass is 10.1. The Morgan fingerprint density at radius 1 is 1.42 bits per heavy atom. The number of carbonyl (C=O) groups is 1. The van der Waals surface area contributed by atoms with Gasteiger partial charge in [-0.25, -0.2) is 0 Å². The normalized spacial score (nSPS) is 11.2. The van der Waals surface area contributed by atoms with Crippen LogP contribution in [-0.2, 0) is 11.3 Å². The number of amides is 1. The van der Waals surface area contributed by atoms with Gasteiger partial charge in [-0.05, 0) is 44.5 Å². The number of rotatable bonds is 7. The lowest BCUT2D eigenvalue weighted by Gasteiger charge is -2.11. The molecule has 0 aliphatic carbocycles. The van der Waals surface area contributed by atoms with Crippen LogP contribution in [0.2, 0.25) is 0 Å². The first-order valence-electron chi connectivity index (χ1n) is 7.62. The van der Waals surface area contributed by atoms with Crippen LogP contribution in [0.4, 0.5) is 0 Å². The lowest BCUT2D eigenvalue weighted by Crippen LogP contribution is -2.31. The first kappa shape index (κ1) is 18.3. The second kappa shape index (κ2) is 8.18. The minimum Gasteiger partial charge on any atom is -0.383 e. The molecular weight excluding hydrogens is 328 g/mol. The Hall–Kier alpha value is -2.03. The Labute approximate surface area is 145 Å². The fraction of sp³-hybridized carbons (Fsp3) is 0.438. The molecule has 1 heterocycles. The number of likely N-dealkylation sites (N-methyl/N-ethyl adjacent to an activating group) is 1. The summed E-state index contributed by atoms with van der Waals surface area (Å²) in [6, 6.07) is 4.94. The van der Waals surface area contributed by atoms with Crippen LogP contribution in [0.25, 0.3) is 10.9 Å². The largest absolute Gasteiger partial charge is 0.383 e. The molecule has 1 aromatic heterocycles. The van der Waals surface area contributed by atoms with E-state index in [0.29, 0.717) is 40.9 Å². The highest BCUT2D eigenvalue weighted by Gasteiger charge is 2.10. The SMILES string of the molecule is COCCn1c(=S)[nH]c2cc(C(=O)NCCN(C)C)ccc2c1=O. The maximum absolute atomic E-state index is 12.5. The molecule has 1 amide bonds. The molecule has 2 N–H and O–H groups in total. The molecule has 24 heavy (non-hydrogen) atoms. The van der Waals surface area contributed by atoms with Crippen molar-refractivity contribution >= 4 is 29.0 Å². The van der Waals surface area contributed by atoms with Gasteiger partial charge < -0.3 is 19.9 Å². The number of hydrogen-bond acceptors (Lipinski definition) is 5. The van der Waals surface area contributed by atoms with Gasteiger partial charge in [0.25, 0.3) is 11.5 Å². The molecule has 0 bridgehead atoms. The van der Waals surface area contributed by atoms with Crippen molar-refractivity contribution < 1.29 is 9.53 Å². The van der Waals surface area contributed by atoms with Crippen LogP contribution in [0.1, 0.15) is 10.4 Å². The van der Waals surface area contributed by atoms with Gasteiger partial charge in [0.05, 0.1) is 24.1 Å². The molecule has 0 radical (unpaired) electrons. The minimum atomic E-state index is -0.189. The van der Waals surface area contributed by atoms with Crippen molar-refractivity contribution in [2.24, 2.45) is 0 Å². The zero-order chi connectivity index (χ0) is 17.7. The summed E-state index contributed by atoms with van der Waals surface area (Å²) in [6.45, 7) is 2.09. The first-order chi connectivity index (χ1) is 11.4. The standard InChI is InChI=1S/C16H22N4O3S/c1-19(2)7-6-17-14(21)11-4-5-12-13(10-11)18-16(24)20(15(12)22)8-9-23-3/h4-5,10H,6-9H2,1-3H3,(H,17,21)(H,18,24). The molecule has 130 valence electrons. The lowest BCUT2D eigenvalue weighted by molar-refractivity contribution is 0.0951. The van der Waals surface area contributed by atoms with E-state index in [0.717, 1.165) is 6.54 Å². The molecule has 0 atom stereocenters. The smallest absolute Gasteiger partial charge is 0.262 e. The zero-order valence-electron chi connectivity index (χ0n) is 14.1. The van der Waals surface area contributed by atoms with Crippen LogP contribution in [0.15, 0.2) is 23.0 Å². The monoisotopic (exact) mass is 350 g/mol. The Morgan fingerprint density at radius 2 is 2.17 bits per heavy atom. The molecule has 1 aromatic carbocycles. The quantitative estimate of drug-likeness (QED) is 0.728. The number of methoxy groups -OCH3 is 1. The molecule has 0 saturated heterocycles. The van der Waals surface area contributed by atoms with E-state index in [2.05, 4.69) is 10.3 Å². The summed E-state index contributed by atoms with van der Waals surface area (Å²) in [5.41, 5.74) is 0.852. The zero-order valence-corrected chi connectivity index (χ0v) is 14.9. The van der Waals surface area contributed by atoms with Gasteiger partial charge in [-0.1, -0.05) is 0 Å². The van der Waals surface area contributed by atoms with E-state index >= 15 is 0 Å². The number of aromatic amines is 1. The van der Waals surface area contributed by atoms with Crippen molar-refractivity contribution in [3.8, 4) is 0 Å². The molecule has 8 heteroatoms. The van der Waals surface area contributed by atoms with Crippen LogP contribution in [0, 0.1) is 4.77 Å². The van der Waals surface area contributed by atoms with Crippen molar-refractivity contribution in [3.63, 3.8) is 0 Å². The Kier molecular flexibility index (Phi) is 6.24. The van der Waals surface area contributed by atoms with Crippen molar-refractivity contribution in [2.45, 2.75) is 6.54 Å². The van der Waals surface area contributed by atoms with Crippen LogP contribution >= 0.6 is 12.2 Å². The second-order valence-corrected chi connectivity index (χ2v) is 6.09. The third kappa shape index (κ3) is 4.28. The molecule has 0 aliphatic heterocycles. The van der Waals surface area contributed by atoms with E-state index < -0.39 is 0 Å². The van der Waals surface area contributed by atoms with Gasteiger partial charge in [0, 0.05) is 25.8 Å². The van der Waals surface area contributed by atoms with Crippen molar-refractivity contribution in [2.75, 3.05) is 40.9 Å². The predicted molar refractivity (Wildman–Crippen MR) is 96.2 cm³/mol. The third-order valence-corrected chi connectivity index (χ3v) is 3.93. The fourth-order valence-corrected chi connectivity index (χ4v) is 2.56. The fourth-order valence-electron chi connectivity index (χ4n) is 2.28. The highest BCUT2D eigenvalue weighted by Crippen LogP contribution is 2.11. The minimum absolute atomic E-state index is 0.179. The summed E-state index contributed by atoms with van der Waals surface area (Å²) >= 11 is 5.23. The van der Waals surface area contributed by atoms with Gasteiger partial charge in [-0.3, -0.25) is 14.2 Å². The molecule has 0 saturated carbocycles. The van der Waals surface area contributed by atoms with E-state index in [1.54, 1.807) is 25.3 Å².